The molecule has 1 atom stereocenters. The van der Waals surface area contributed by atoms with Gasteiger partial charge in [0.2, 0.25) is 10.0 Å². The van der Waals surface area contributed by atoms with E-state index in [1.807, 2.05) is 91.9 Å². The summed E-state index contributed by atoms with van der Waals surface area (Å²) in [7, 11) is -3.68. The van der Waals surface area contributed by atoms with Gasteiger partial charge < -0.3 is 0 Å². The molecule has 0 unspecified atom stereocenters. The molecule has 140 valence electrons. The summed E-state index contributed by atoms with van der Waals surface area (Å²) in [4.78, 5) is 0.264. The normalized spacial score (nSPS) is 12.8. The summed E-state index contributed by atoms with van der Waals surface area (Å²) < 4.78 is 29.0. The third kappa shape index (κ3) is 3.84. The van der Waals surface area contributed by atoms with E-state index in [1.54, 1.807) is 12.1 Å². The molecule has 3 nitrogen and oxygen atoms in total. The summed E-state index contributed by atoms with van der Waals surface area (Å²) in [5, 5.41) is 2.20. The highest BCUT2D eigenvalue weighted by Crippen LogP contribution is 2.27. The Bertz CT molecular complexity index is 1200. The van der Waals surface area contributed by atoms with Crippen LogP contribution in [0.2, 0.25) is 0 Å². The predicted molar refractivity (Wildman–Crippen MR) is 114 cm³/mol. The molecule has 0 aliphatic carbocycles. The van der Waals surface area contributed by atoms with Crippen molar-refractivity contribution in [2.45, 2.75) is 17.9 Å². The van der Waals surface area contributed by atoms with Crippen LogP contribution in [0.5, 0.6) is 0 Å². The number of hydrogen-bond donors (Lipinski definition) is 1. The lowest BCUT2D eigenvalue weighted by atomic mass is 9.97. The average Bonchev–Trinajstić information content (AvgIpc) is 2.73. The van der Waals surface area contributed by atoms with Crippen LogP contribution in [0.1, 0.15) is 22.7 Å². The first-order chi connectivity index (χ1) is 13.5. The largest absolute Gasteiger partial charge is 0.241 e. The number of hydrogen-bond acceptors (Lipinski definition) is 2. The molecule has 0 heterocycles. The van der Waals surface area contributed by atoms with E-state index >= 15 is 0 Å². The highest BCUT2D eigenvalue weighted by atomic mass is 32.2. The number of aryl methyl sites for hydroxylation is 1. The average molecular weight is 388 g/mol. The molecule has 0 spiro atoms. The Balaban J connectivity index is 1.78. The lowest BCUT2D eigenvalue weighted by Crippen LogP contribution is -2.29. The Kier molecular flexibility index (Phi) is 4.99. The molecule has 0 aromatic heterocycles. The van der Waals surface area contributed by atoms with E-state index < -0.39 is 16.1 Å². The highest BCUT2D eigenvalue weighted by molar-refractivity contribution is 7.89. The summed E-state index contributed by atoms with van der Waals surface area (Å²) in [5.41, 5.74) is 2.82. The topological polar surface area (TPSA) is 46.2 Å². The second-order valence-electron chi connectivity index (χ2n) is 6.88. The van der Waals surface area contributed by atoms with E-state index in [1.165, 1.54) is 0 Å². The van der Waals surface area contributed by atoms with Crippen LogP contribution in [0, 0.1) is 6.92 Å². The van der Waals surface area contributed by atoms with Crippen molar-refractivity contribution in [3.63, 3.8) is 0 Å². The van der Waals surface area contributed by atoms with Crippen LogP contribution >= 0.6 is 0 Å². The summed E-state index contributed by atoms with van der Waals surface area (Å²) in [6.07, 6.45) is 0. The standard InChI is InChI=1S/C24H21NO2S/c1-18-11-15-23(16-12-18)28(26,27)25-24(20-8-3-2-4-9-20)22-14-13-19-7-5-6-10-21(19)17-22/h2-17,24-25H,1H3/t24-/m0/s1. The minimum atomic E-state index is -3.68. The molecule has 0 saturated carbocycles. The molecular formula is C24H21NO2S. The van der Waals surface area contributed by atoms with Crippen LogP contribution in [0.15, 0.2) is 102 Å². The minimum absolute atomic E-state index is 0.264. The molecule has 4 rings (SSSR count). The quantitative estimate of drug-likeness (QED) is 0.510. The third-order valence-corrected chi connectivity index (χ3v) is 6.28. The Morgan fingerprint density at radius 3 is 2.04 bits per heavy atom. The molecule has 1 N–H and O–H groups in total. The van der Waals surface area contributed by atoms with Crippen molar-refractivity contribution >= 4 is 20.8 Å². The Labute approximate surface area is 165 Å². The molecule has 4 aromatic carbocycles. The maximum Gasteiger partial charge on any atom is 0.241 e. The fourth-order valence-corrected chi connectivity index (χ4v) is 4.51. The van der Waals surface area contributed by atoms with Gasteiger partial charge in [0.15, 0.2) is 0 Å². The van der Waals surface area contributed by atoms with Gasteiger partial charge >= 0.3 is 0 Å². The second-order valence-corrected chi connectivity index (χ2v) is 8.60. The first kappa shape index (κ1) is 18.4. The Hall–Kier alpha value is -2.95. The van der Waals surface area contributed by atoms with Gasteiger partial charge in [-0.25, -0.2) is 8.42 Å². The first-order valence-electron chi connectivity index (χ1n) is 9.16. The number of sulfonamides is 1. The first-order valence-corrected chi connectivity index (χ1v) is 10.6. The van der Waals surface area contributed by atoms with Gasteiger partial charge in [-0.3, -0.25) is 0 Å². The summed E-state index contributed by atoms with van der Waals surface area (Å²) >= 11 is 0. The monoisotopic (exact) mass is 387 g/mol. The van der Waals surface area contributed by atoms with Crippen molar-refractivity contribution in [3.8, 4) is 0 Å². The maximum atomic E-state index is 13.1. The maximum absolute atomic E-state index is 13.1. The van der Waals surface area contributed by atoms with Gasteiger partial charge in [0.05, 0.1) is 10.9 Å². The zero-order valence-electron chi connectivity index (χ0n) is 15.5. The summed E-state index contributed by atoms with van der Waals surface area (Å²) in [6, 6.07) is 30.2. The Morgan fingerprint density at radius 2 is 1.32 bits per heavy atom. The highest BCUT2D eigenvalue weighted by Gasteiger charge is 2.23. The number of benzene rings is 4. The van der Waals surface area contributed by atoms with Gasteiger partial charge in [0.1, 0.15) is 0 Å². The molecule has 0 radical (unpaired) electrons. The fourth-order valence-electron chi connectivity index (χ4n) is 3.30. The van der Waals surface area contributed by atoms with Crippen molar-refractivity contribution in [1.29, 1.82) is 0 Å². The van der Waals surface area contributed by atoms with Crippen molar-refractivity contribution in [1.82, 2.24) is 4.72 Å². The van der Waals surface area contributed by atoms with Crippen molar-refractivity contribution in [3.05, 3.63) is 114 Å². The van der Waals surface area contributed by atoms with Gasteiger partial charge in [-0.15, -0.1) is 0 Å². The van der Waals surface area contributed by atoms with E-state index in [4.69, 9.17) is 0 Å². The van der Waals surface area contributed by atoms with Gasteiger partial charge in [0, 0.05) is 0 Å². The van der Waals surface area contributed by atoms with E-state index in [2.05, 4.69) is 4.72 Å². The number of fused-ring (bicyclic) bond motifs is 1. The molecule has 4 heteroatoms. The lowest BCUT2D eigenvalue weighted by Gasteiger charge is -2.20. The Morgan fingerprint density at radius 1 is 0.679 bits per heavy atom. The van der Waals surface area contributed by atoms with Crippen LogP contribution in [-0.4, -0.2) is 8.42 Å². The smallest absolute Gasteiger partial charge is 0.207 e. The molecular weight excluding hydrogens is 366 g/mol. The van der Waals surface area contributed by atoms with E-state index in [0.29, 0.717) is 0 Å². The van der Waals surface area contributed by atoms with Crippen molar-refractivity contribution < 1.29 is 8.42 Å². The number of rotatable bonds is 5. The molecule has 0 aliphatic rings. The third-order valence-electron chi connectivity index (χ3n) is 4.84. The summed E-state index contributed by atoms with van der Waals surface area (Å²) in [5.74, 6) is 0. The van der Waals surface area contributed by atoms with Gasteiger partial charge in [-0.2, -0.15) is 4.72 Å². The van der Waals surface area contributed by atoms with E-state index in [9.17, 15) is 8.42 Å². The minimum Gasteiger partial charge on any atom is -0.207 e. The van der Waals surface area contributed by atoms with Crippen LogP contribution in [0.25, 0.3) is 10.8 Å². The molecule has 0 amide bonds. The van der Waals surface area contributed by atoms with Crippen LogP contribution in [0.3, 0.4) is 0 Å². The zero-order valence-corrected chi connectivity index (χ0v) is 16.4. The van der Waals surface area contributed by atoms with Crippen LogP contribution in [0.4, 0.5) is 0 Å². The molecule has 0 bridgehead atoms. The second kappa shape index (κ2) is 7.58. The molecule has 0 aliphatic heterocycles. The predicted octanol–water partition coefficient (Wildman–Crippen LogP) is 5.22. The van der Waals surface area contributed by atoms with Crippen LogP contribution < -0.4 is 4.72 Å². The SMILES string of the molecule is Cc1ccc(S(=O)(=O)N[C@@H](c2ccccc2)c2ccc3ccccc3c2)cc1. The molecule has 4 aromatic rings. The van der Waals surface area contributed by atoms with Crippen LogP contribution in [-0.2, 0) is 10.0 Å². The van der Waals surface area contributed by atoms with Gasteiger partial charge in [-0.1, -0.05) is 84.4 Å². The van der Waals surface area contributed by atoms with Crippen molar-refractivity contribution in [2.24, 2.45) is 0 Å². The fraction of sp³-hybridized carbons (Fsp3) is 0.0833. The van der Waals surface area contributed by atoms with Crippen molar-refractivity contribution in [2.75, 3.05) is 0 Å². The number of nitrogens with one attached hydrogen (secondary N) is 1. The molecule has 28 heavy (non-hydrogen) atoms. The van der Waals surface area contributed by atoms with E-state index in [0.717, 1.165) is 27.5 Å². The van der Waals surface area contributed by atoms with Gasteiger partial charge in [0.25, 0.3) is 0 Å². The molecule has 0 saturated heterocycles. The van der Waals surface area contributed by atoms with Gasteiger partial charge in [-0.05, 0) is 47.0 Å². The van der Waals surface area contributed by atoms with E-state index in [-0.39, 0.29) is 4.90 Å². The lowest BCUT2D eigenvalue weighted by molar-refractivity contribution is 0.572. The zero-order chi connectivity index (χ0) is 19.6. The summed E-state index contributed by atoms with van der Waals surface area (Å²) in [6.45, 7) is 1.94. The molecule has 0 fully saturated rings.